The first-order valence-electron chi connectivity index (χ1n) is 5.23. The molecule has 0 spiro atoms. The van der Waals surface area contributed by atoms with E-state index in [-0.39, 0.29) is 6.61 Å². The number of hydrogen-bond donors (Lipinski definition) is 2. The Bertz CT molecular complexity index is 468. The molecule has 5 heteroatoms. The van der Waals surface area contributed by atoms with Crippen LogP contribution in [0.3, 0.4) is 0 Å². The van der Waals surface area contributed by atoms with Crippen LogP contribution in [0.4, 0.5) is 0 Å². The van der Waals surface area contributed by atoms with Crippen LogP contribution in [0.15, 0.2) is 42.7 Å². The third-order valence-corrected chi connectivity index (χ3v) is 2.29. The van der Waals surface area contributed by atoms with Gasteiger partial charge in [-0.15, -0.1) is 0 Å². The van der Waals surface area contributed by atoms with Crippen molar-refractivity contribution in [1.29, 1.82) is 0 Å². The summed E-state index contributed by atoms with van der Waals surface area (Å²) in [4.78, 5) is 18.3. The van der Waals surface area contributed by atoms with Gasteiger partial charge in [-0.3, -0.25) is 0 Å². The highest BCUT2D eigenvalue weighted by molar-refractivity contribution is 5.76. The van der Waals surface area contributed by atoms with E-state index in [0.717, 1.165) is 5.56 Å². The third kappa shape index (κ3) is 2.92. The highest BCUT2D eigenvalue weighted by Gasteiger charge is 2.19. The second-order valence-corrected chi connectivity index (χ2v) is 3.55. The molecule has 3 N–H and O–H groups in total. The molecule has 88 valence electrons. The van der Waals surface area contributed by atoms with Gasteiger partial charge in [-0.05, 0) is 5.56 Å². The van der Waals surface area contributed by atoms with Crippen molar-refractivity contribution in [3.05, 3.63) is 54.1 Å². The van der Waals surface area contributed by atoms with Crippen LogP contribution in [0.5, 0.6) is 0 Å². The molecule has 5 nitrogen and oxygen atoms in total. The van der Waals surface area contributed by atoms with Gasteiger partial charge in [0, 0.05) is 12.4 Å². The van der Waals surface area contributed by atoms with E-state index in [4.69, 9.17) is 10.5 Å². The van der Waals surface area contributed by atoms with Gasteiger partial charge in [0.05, 0.1) is 0 Å². The number of nitrogens with two attached hydrogens (primary N) is 1. The van der Waals surface area contributed by atoms with Gasteiger partial charge in [-0.2, -0.15) is 0 Å². The average Bonchev–Trinajstić information content (AvgIpc) is 2.90. The number of aromatic amines is 1. The van der Waals surface area contributed by atoms with Crippen LogP contribution in [0.1, 0.15) is 17.4 Å². The molecule has 0 amide bonds. The Hall–Kier alpha value is -2.14. The van der Waals surface area contributed by atoms with Crippen molar-refractivity contribution in [2.75, 3.05) is 0 Å². The van der Waals surface area contributed by atoms with Crippen LogP contribution in [0, 0.1) is 0 Å². The summed E-state index contributed by atoms with van der Waals surface area (Å²) in [7, 11) is 0. The Balaban J connectivity index is 1.90. The fraction of sp³-hybridized carbons (Fsp3) is 0.167. The van der Waals surface area contributed by atoms with Gasteiger partial charge < -0.3 is 15.5 Å². The molecule has 1 heterocycles. The third-order valence-electron chi connectivity index (χ3n) is 2.29. The van der Waals surface area contributed by atoms with E-state index in [1.54, 1.807) is 12.4 Å². The Labute approximate surface area is 98.6 Å². The zero-order chi connectivity index (χ0) is 12.1. The molecule has 1 atom stereocenters. The predicted octanol–water partition coefficient (Wildman–Crippen LogP) is 1.15. The lowest BCUT2D eigenvalue weighted by Gasteiger charge is -2.09. The number of hydrogen-bond acceptors (Lipinski definition) is 4. The van der Waals surface area contributed by atoms with Gasteiger partial charge in [0.25, 0.3) is 0 Å². The number of carbonyl (C=O) groups is 1. The standard InChI is InChI=1S/C12H13N3O2/c13-10(11-14-6-7-15-11)12(16)17-8-9-4-2-1-3-5-9/h1-7,10H,8,13H2,(H,14,15). The summed E-state index contributed by atoms with van der Waals surface area (Å²) in [6, 6.07) is 8.57. The molecule has 0 bridgehead atoms. The van der Waals surface area contributed by atoms with Gasteiger partial charge in [0.15, 0.2) is 6.04 Å². The van der Waals surface area contributed by atoms with Crippen molar-refractivity contribution < 1.29 is 9.53 Å². The van der Waals surface area contributed by atoms with E-state index in [9.17, 15) is 4.79 Å². The molecule has 2 aromatic rings. The SMILES string of the molecule is NC(C(=O)OCc1ccccc1)c1ncc[nH]1. The number of ether oxygens (including phenoxy) is 1. The zero-order valence-electron chi connectivity index (χ0n) is 9.17. The lowest BCUT2D eigenvalue weighted by molar-refractivity contribution is -0.146. The normalized spacial score (nSPS) is 12.1. The number of H-pyrrole nitrogens is 1. The van der Waals surface area contributed by atoms with Crippen molar-refractivity contribution in [2.24, 2.45) is 5.73 Å². The zero-order valence-corrected chi connectivity index (χ0v) is 9.17. The minimum atomic E-state index is -0.867. The highest BCUT2D eigenvalue weighted by Crippen LogP contribution is 2.08. The maximum absolute atomic E-state index is 11.6. The lowest BCUT2D eigenvalue weighted by Crippen LogP contribution is -2.24. The highest BCUT2D eigenvalue weighted by atomic mass is 16.5. The second-order valence-electron chi connectivity index (χ2n) is 3.55. The van der Waals surface area contributed by atoms with Crippen LogP contribution in [0.25, 0.3) is 0 Å². The number of rotatable bonds is 4. The summed E-state index contributed by atoms with van der Waals surface area (Å²) in [6.45, 7) is 0.216. The summed E-state index contributed by atoms with van der Waals surface area (Å²) in [5.41, 5.74) is 6.60. The molecule has 0 aliphatic rings. The van der Waals surface area contributed by atoms with Crippen LogP contribution >= 0.6 is 0 Å². The van der Waals surface area contributed by atoms with Gasteiger partial charge >= 0.3 is 5.97 Å². The average molecular weight is 231 g/mol. The van der Waals surface area contributed by atoms with E-state index in [1.165, 1.54) is 0 Å². The Morgan fingerprint density at radius 1 is 1.41 bits per heavy atom. The van der Waals surface area contributed by atoms with Crippen molar-refractivity contribution in [3.63, 3.8) is 0 Å². The molecule has 0 aliphatic heterocycles. The van der Waals surface area contributed by atoms with Crippen molar-refractivity contribution in [1.82, 2.24) is 9.97 Å². The summed E-state index contributed by atoms with van der Waals surface area (Å²) < 4.78 is 5.09. The molecular formula is C12H13N3O2. The minimum absolute atomic E-state index is 0.216. The molecule has 1 aromatic carbocycles. The molecule has 0 radical (unpaired) electrons. The first-order chi connectivity index (χ1) is 8.27. The van der Waals surface area contributed by atoms with Gasteiger partial charge in [-0.25, -0.2) is 9.78 Å². The summed E-state index contributed by atoms with van der Waals surface area (Å²) >= 11 is 0. The van der Waals surface area contributed by atoms with E-state index in [1.807, 2.05) is 30.3 Å². The molecule has 0 saturated carbocycles. The first-order valence-corrected chi connectivity index (χ1v) is 5.23. The Kier molecular flexibility index (Phi) is 3.52. The molecule has 0 saturated heterocycles. The maximum Gasteiger partial charge on any atom is 0.331 e. The Morgan fingerprint density at radius 3 is 2.82 bits per heavy atom. The van der Waals surface area contributed by atoms with Gasteiger partial charge in [-0.1, -0.05) is 30.3 Å². The molecule has 1 unspecified atom stereocenters. The van der Waals surface area contributed by atoms with E-state index in [0.29, 0.717) is 5.82 Å². The lowest BCUT2D eigenvalue weighted by atomic mass is 10.2. The number of carbonyl (C=O) groups excluding carboxylic acids is 1. The van der Waals surface area contributed by atoms with E-state index < -0.39 is 12.0 Å². The molecule has 1 aromatic heterocycles. The van der Waals surface area contributed by atoms with Crippen molar-refractivity contribution in [2.45, 2.75) is 12.6 Å². The quantitative estimate of drug-likeness (QED) is 0.773. The maximum atomic E-state index is 11.6. The summed E-state index contributed by atoms with van der Waals surface area (Å²) in [5.74, 6) is -0.0909. The number of nitrogens with one attached hydrogen (secondary N) is 1. The summed E-state index contributed by atoms with van der Waals surface area (Å²) in [6.07, 6.45) is 3.15. The van der Waals surface area contributed by atoms with Crippen LogP contribution < -0.4 is 5.73 Å². The molecule has 17 heavy (non-hydrogen) atoms. The van der Waals surface area contributed by atoms with Crippen molar-refractivity contribution in [3.8, 4) is 0 Å². The van der Waals surface area contributed by atoms with Gasteiger partial charge in [0.2, 0.25) is 0 Å². The fourth-order valence-electron chi connectivity index (χ4n) is 1.38. The van der Waals surface area contributed by atoms with Crippen LogP contribution in [-0.2, 0) is 16.1 Å². The van der Waals surface area contributed by atoms with E-state index in [2.05, 4.69) is 9.97 Å². The van der Waals surface area contributed by atoms with Crippen LogP contribution in [0.2, 0.25) is 0 Å². The molecule has 0 aliphatic carbocycles. The molecule has 2 rings (SSSR count). The molecule has 0 fully saturated rings. The number of aromatic nitrogens is 2. The number of imidazole rings is 1. The van der Waals surface area contributed by atoms with Gasteiger partial charge in [0.1, 0.15) is 12.4 Å². The first kappa shape index (κ1) is 11.3. The minimum Gasteiger partial charge on any atom is -0.459 e. The summed E-state index contributed by atoms with van der Waals surface area (Å²) in [5, 5.41) is 0. The van der Waals surface area contributed by atoms with Crippen LogP contribution in [-0.4, -0.2) is 15.9 Å². The number of benzene rings is 1. The smallest absolute Gasteiger partial charge is 0.331 e. The largest absolute Gasteiger partial charge is 0.459 e. The second kappa shape index (κ2) is 5.27. The topological polar surface area (TPSA) is 81.0 Å². The predicted molar refractivity (Wildman–Crippen MR) is 61.8 cm³/mol. The van der Waals surface area contributed by atoms with Crippen molar-refractivity contribution >= 4 is 5.97 Å². The Morgan fingerprint density at radius 2 is 2.18 bits per heavy atom. The van der Waals surface area contributed by atoms with E-state index >= 15 is 0 Å². The molecular weight excluding hydrogens is 218 g/mol. The monoisotopic (exact) mass is 231 g/mol. The number of nitrogens with zero attached hydrogens (tertiary/aromatic N) is 1. The fourth-order valence-corrected chi connectivity index (χ4v) is 1.38. The number of esters is 1.